The first-order valence-corrected chi connectivity index (χ1v) is 23.5. The molecule has 308 valence electrons. The van der Waals surface area contributed by atoms with Crippen molar-refractivity contribution >= 4 is 28.0 Å². The van der Waals surface area contributed by atoms with Crippen molar-refractivity contribution in [2.75, 3.05) is 0 Å². The lowest BCUT2D eigenvalue weighted by Crippen LogP contribution is -2.40. The third-order valence-electron chi connectivity index (χ3n) is 15.1. The normalized spacial score (nSPS) is 20.5. The topological polar surface area (TPSA) is 0 Å². The van der Waals surface area contributed by atoms with E-state index in [0.717, 1.165) is 38.5 Å². The van der Waals surface area contributed by atoms with Crippen LogP contribution in [-0.2, 0) is 5.41 Å². The quantitative estimate of drug-likeness (QED) is 0.150. The highest BCUT2D eigenvalue weighted by Crippen LogP contribution is 2.58. The van der Waals surface area contributed by atoms with Crippen molar-refractivity contribution in [1.29, 1.82) is 0 Å². The molecule has 12 rings (SSSR count). The Morgan fingerprint density at radius 3 is 1.80 bits per heavy atom. The van der Waals surface area contributed by atoms with Gasteiger partial charge in [-0.15, -0.1) is 0 Å². The number of allylic oxidation sites excluding steroid dienone is 17. The van der Waals surface area contributed by atoms with Gasteiger partial charge in [-0.3, -0.25) is 0 Å². The standard InChI is InChI=1S/C64H52/c1-43-27-38-49(39-28-43)64(60-25-13-11-19-53(60)54-20-12-14-26-61(54)64)50-40-35-48(36-41-50)62-55-21-7-9-23-57(55)63(58-24-10-8-22-56(58)62)59-42-37-47(51-17-5-6-18-52(51)59)34-31-44-29-32-46(33-30-44)45-15-3-2-4-16-45/h2-3,5-15,17-29,31-32,34-35,37-40,42,55,57H,4,16,30,33,36,41H2,1H3. The Kier molecular flexibility index (Phi) is 9.63. The summed E-state index contributed by atoms with van der Waals surface area (Å²) in [7, 11) is 0. The van der Waals surface area contributed by atoms with Crippen molar-refractivity contribution in [2.24, 2.45) is 11.8 Å². The van der Waals surface area contributed by atoms with E-state index in [2.05, 4.69) is 219 Å². The molecule has 0 nitrogen and oxygen atoms in total. The summed E-state index contributed by atoms with van der Waals surface area (Å²) in [5, 5.41) is 5.35. The number of aryl methyl sites for hydroxylation is 1. The van der Waals surface area contributed by atoms with E-state index in [4.69, 9.17) is 0 Å². The first-order valence-electron chi connectivity index (χ1n) is 23.5. The van der Waals surface area contributed by atoms with Gasteiger partial charge in [-0.1, -0.05) is 224 Å². The lowest BCUT2D eigenvalue weighted by Gasteiger charge is -2.39. The molecular formula is C64H52. The second-order valence-corrected chi connectivity index (χ2v) is 18.5. The molecule has 0 fully saturated rings. The van der Waals surface area contributed by atoms with Crippen LogP contribution in [-0.4, -0.2) is 0 Å². The molecule has 64 heavy (non-hydrogen) atoms. The fourth-order valence-corrected chi connectivity index (χ4v) is 12.1. The number of benzene rings is 6. The molecule has 0 radical (unpaired) electrons. The molecule has 0 spiro atoms. The molecule has 6 aromatic rings. The summed E-state index contributed by atoms with van der Waals surface area (Å²) in [5.41, 5.74) is 20.7. The molecule has 2 unspecified atom stereocenters. The van der Waals surface area contributed by atoms with Crippen LogP contribution in [0.15, 0.2) is 234 Å². The first-order chi connectivity index (χ1) is 31.7. The average molecular weight is 821 g/mol. The molecule has 0 aromatic heterocycles. The monoisotopic (exact) mass is 820 g/mol. The van der Waals surface area contributed by atoms with Gasteiger partial charge in [0, 0.05) is 11.8 Å². The number of fused-ring (bicyclic) bond motifs is 6. The number of hydrogen-bond acceptors (Lipinski definition) is 0. The predicted molar refractivity (Wildman–Crippen MR) is 270 cm³/mol. The zero-order valence-electron chi connectivity index (χ0n) is 36.6. The van der Waals surface area contributed by atoms with Gasteiger partial charge in [-0.05, 0) is 139 Å². The van der Waals surface area contributed by atoms with Gasteiger partial charge < -0.3 is 0 Å². The van der Waals surface area contributed by atoms with Crippen molar-refractivity contribution < 1.29 is 0 Å². The van der Waals surface area contributed by atoms with Gasteiger partial charge in [0.05, 0.1) is 5.41 Å². The van der Waals surface area contributed by atoms with Gasteiger partial charge in [0.25, 0.3) is 0 Å². The highest BCUT2D eigenvalue weighted by Gasteiger charge is 2.47. The van der Waals surface area contributed by atoms with E-state index < -0.39 is 0 Å². The van der Waals surface area contributed by atoms with Crippen LogP contribution >= 0.6 is 0 Å². The molecule has 0 heterocycles. The Morgan fingerprint density at radius 1 is 0.469 bits per heavy atom. The van der Waals surface area contributed by atoms with Gasteiger partial charge >= 0.3 is 0 Å². The van der Waals surface area contributed by atoms with Crippen LogP contribution in [0.5, 0.6) is 0 Å². The molecular weight excluding hydrogens is 769 g/mol. The zero-order chi connectivity index (χ0) is 42.6. The molecule has 0 saturated carbocycles. The average Bonchev–Trinajstić information content (AvgIpc) is 3.67. The van der Waals surface area contributed by atoms with Gasteiger partial charge in [0.2, 0.25) is 0 Å². The van der Waals surface area contributed by atoms with E-state index >= 15 is 0 Å². The van der Waals surface area contributed by atoms with Gasteiger partial charge in [0.15, 0.2) is 0 Å². The summed E-state index contributed by atoms with van der Waals surface area (Å²) >= 11 is 0. The predicted octanol–water partition coefficient (Wildman–Crippen LogP) is 14.5. The third kappa shape index (κ3) is 6.26. The Hall–Kier alpha value is -7.02. The third-order valence-corrected chi connectivity index (χ3v) is 15.1. The molecule has 0 amide bonds. The first kappa shape index (κ1) is 38.6. The van der Waals surface area contributed by atoms with Crippen LogP contribution in [0.2, 0.25) is 0 Å². The van der Waals surface area contributed by atoms with E-state index in [1.165, 1.54) is 105 Å². The van der Waals surface area contributed by atoms with Crippen LogP contribution < -0.4 is 10.4 Å². The lowest BCUT2D eigenvalue weighted by molar-refractivity contribution is 0.663. The van der Waals surface area contributed by atoms with Gasteiger partial charge in [0.1, 0.15) is 0 Å². The SMILES string of the molecule is Cc1ccc(C2(C3=CC=C(C4=c5ccccc5=C(c5ccc(C=CC6=CC=C(C7=CC=CCC7)CC6)c6ccccc56)C5C=CC=CC45)CC3)c3ccccc3-c3ccccc32)cc1. The Balaban J connectivity index is 0.983. The molecule has 0 heteroatoms. The van der Waals surface area contributed by atoms with Crippen molar-refractivity contribution in [3.05, 3.63) is 278 Å². The smallest absolute Gasteiger partial charge is 0.0676 e. The van der Waals surface area contributed by atoms with E-state index in [1.807, 2.05) is 0 Å². The zero-order valence-corrected chi connectivity index (χ0v) is 36.6. The van der Waals surface area contributed by atoms with Crippen LogP contribution in [0.4, 0.5) is 0 Å². The van der Waals surface area contributed by atoms with Crippen molar-refractivity contribution in [3.63, 3.8) is 0 Å². The van der Waals surface area contributed by atoms with E-state index in [-0.39, 0.29) is 17.3 Å². The Labute approximate surface area is 378 Å². The van der Waals surface area contributed by atoms with E-state index in [9.17, 15) is 0 Å². The maximum absolute atomic E-state index is 2.51. The van der Waals surface area contributed by atoms with Crippen molar-refractivity contribution in [1.82, 2.24) is 0 Å². The molecule has 0 N–H and O–H groups in total. The minimum Gasteiger partial charge on any atom is -0.0842 e. The fourth-order valence-electron chi connectivity index (χ4n) is 12.1. The van der Waals surface area contributed by atoms with Gasteiger partial charge in [-0.2, -0.15) is 0 Å². The van der Waals surface area contributed by atoms with Crippen LogP contribution in [0.25, 0.3) is 39.1 Å². The van der Waals surface area contributed by atoms with E-state index in [1.54, 1.807) is 0 Å². The molecule has 2 atom stereocenters. The minimum absolute atomic E-state index is 0.224. The molecule has 0 saturated heterocycles. The summed E-state index contributed by atoms with van der Waals surface area (Å²) < 4.78 is 0. The molecule has 6 aliphatic carbocycles. The molecule has 6 aromatic carbocycles. The number of rotatable bonds is 7. The van der Waals surface area contributed by atoms with Crippen molar-refractivity contribution in [3.8, 4) is 11.1 Å². The van der Waals surface area contributed by atoms with Gasteiger partial charge in [-0.25, -0.2) is 0 Å². The minimum atomic E-state index is -0.337. The van der Waals surface area contributed by atoms with Crippen LogP contribution in [0.3, 0.4) is 0 Å². The van der Waals surface area contributed by atoms with Crippen LogP contribution in [0, 0.1) is 18.8 Å². The molecule has 0 bridgehead atoms. The Bertz CT molecular complexity index is 3280. The summed E-state index contributed by atoms with van der Waals surface area (Å²) in [6.45, 7) is 2.19. The highest BCUT2D eigenvalue weighted by atomic mass is 14.5. The maximum Gasteiger partial charge on any atom is 0.0676 e. The summed E-state index contributed by atoms with van der Waals surface area (Å²) in [5.74, 6) is 0.464. The van der Waals surface area contributed by atoms with Crippen LogP contribution in [0.1, 0.15) is 71.9 Å². The summed E-state index contributed by atoms with van der Waals surface area (Å²) in [6.07, 6.45) is 37.2. The second kappa shape index (κ2) is 16.0. The second-order valence-electron chi connectivity index (χ2n) is 18.5. The summed E-state index contributed by atoms with van der Waals surface area (Å²) in [6, 6.07) is 50.7. The maximum atomic E-state index is 2.51. The Morgan fingerprint density at radius 2 is 1.11 bits per heavy atom. The molecule has 6 aliphatic rings. The van der Waals surface area contributed by atoms with E-state index in [0.29, 0.717) is 0 Å². The molecule has 0 aliphatic heterocycles. The largest absolute Gasteiger partial charge is 0.0842 e. The summed E-state index contributed by atoms with van der Waals surface area (Å²) in [4.78, 5) is 0. The highest BCUT2D eigenvalue weighted by molar-refractivity contribution is 6.00. The lowest BCUT2D eigenvalue weighted by atomic mass is 9.63. The fraction of sp³-hybridized carbons (Fsp3) is 0.156. The van der Waals surface area contributed by atoms with Crippen molar-refractivity contribution in [2.45, 2.75) is 50.9 Å². The number of hydrogen-bond donors (Lipinski definition) is 0.